The van der Waals surface area contributed by atoms with Crippen molar-refractivity contribution in [1.29, 1.82) is 0 Å². The van der Waals surface area contributed by atoms with Crippen molar-refractivity contribution in [3.8, 4) is 0 Å². The maximum atomic E-state index is 12.2. The van der Waals surface area contributed by atoms with E-state index in [0.717, 1.165) is 12.8 Å². The zero-order chi connectivity index (χ0) is 13.9. The Morgan fingerprint density at radius 1 is 1.42 bits per heavy atom. The molecule has 2 rings (SSSR count). The lowest BCUT2D eigenvalue weighted by molar-refractivity contribution is 0.0718. The van der Waals surface area contributed by atoms with Gasteiger partial charge in [0.25, 0.3) is 5.91 Å². The fourth-order valence-electron chi connectivity index (χ4n) is 2.21. The van der Waals surface area contributed by atoms with Gasteiger partial charge in [0.05, 0.1) is 15.3 Å². The molecule has 0 spiro atoms. The smallest absolute Gasteiger partial charge is 0.256 e. The van der Waals surface area contributed by atoms with Gasteiger partial charge in [-0.25, -0.2) is 9.97 Å². The summed E-state index contributed by atoms with van der Waals surface area (Å²) in [5.41, 5.74) is 6.36. The van der Waals surface area contributed by atoms with Crippen molar-refractivity contribution in [3.05, 3.63) is 24.3 Å². The monoisotopic (exact) mass is 296 g/mol. The van der Waals surface area contributed by atoms with Crippen molar-refractivity contribution in [2.24, 2.45) is 5.73 Å². The minimum absolute atomic E-state index is 0.0294. The summed E-state index contributed by atoms with van der Waals surface area (Å²) in [5.74, 6) is -0.0294. The predicted molar refractivity (Wildman–Crippen MR) is 80.2 cm³/mol. The van der Waals surface area contributed by atoms with Gasteiger partial charge in [-0.05, 0) is 19.1 Å². The average Bonchev–Trinajstić information content (AvgIpc) is 2.47. The zero-order valence-electron chi connectivity index (χ0n) is 10.7. The van der Waals surface area contributed by atoms with Gasteiger partial charge in [0.1, 0.15) is 6.33 Å². The van der Waals surface area contributed by atoms with E-state index in [1.807, 2.05) is 11.2 Å². The van der Waals surface area contributed by atoms with Crippen molar-refractivity contribution >= 4 is 34.9 Å². The number of carbonyl (C=O) groups excluding carboxylic acids is 1. The molecule has 19 heavy (non-hydrogen) atoms. The third-order valence-corrected chi connectivity index (χ3v) is 5.44. The largest absolute Gasteiger partial charge is 0.392 e. The molecule has 7 heteroatoms. The summed E-state index contributed by atoms with van der Waals surface area (Å²) in [7, 11) is 0. The number of hydrogen-bond donors (Lipinski definition) is 1. The number of nitrogens with zero attached hydrogens (tertiary/aromatic N) is 3. The highest BCUT2D eigenvalue weighted by atomic mass is 32.2. The minimum Gasteiger partial charge on any atom is -0.392 e. The maximum absolute atomic E-state index is 12.2. The number of likely N-dealkylation sites (tertiary alicyclic amines) is 1. The van der Waals surface area contributed by atoms with Crippen molar-refractivity contribution in [2.45, 2.75) is 17.6 Å². The van der Waals surface area contributed by atoms with Gasteiger partial charge in [-0.1, -0.05) is 12.2 Å². The number of rotatable bonds is 3. The van der Waals surface area contributed by atoms with E-state index in [9.17, 15) is 4.79 Å². The molecule has 0 saturated carbocycles. The first-order valence-electron chi connectivity index (χ1n) is 5.98. The summed E-state index contributed by atoms with van der Waals surface area (Å²) in [6, 6.07) is 0. The zero-order valence-corrected chi connectivity index (χ0v) is 12.3. The normalized spacial score (nSPS) is 18.1. The van der Waals surface area contributed by atoms with Gasteiger partial charge in [-0.3, -0.25) is 4.79 Å². The van der Waals surface area contributed by atoms with Crippen LogP contribution in [0.3, 0.4) is 0 Å². The highest BCUT2D eigenvalue weighted by Crippen LogP contribution is 2.35. The van der Waals surface area contributed by atoms with E-state index in [2.05, 4.69) is 9.97 Å². The SMILES string of the molecule is CSC1(C(N)=S)CCN(C(=O)c2cncnc2)CC1. The first kappa shape index (κ1) is 14.2. The van der Waals surface area contributed by atoms with Crippen LogP contribution < -0.4 is 5.73 Å². The van der Waals surface area contributed by atoms with Crippen LogP contribution in [0.2, 0.25) is 0 Å². The molecule has 102 valence electrons. The van der Waals surface area contributed by atoms with Crippen LogP contribution in [0.4, 0.5) is 0 Å². The summed E-state index contributed by atoms with van der Waals surface area (Å²) in [4.78, 5) is 22.3. The molecule has 0 atom stereocenters. The topological polar surface area (TPSA) is 72.1 Å². The third kappa shape index (κ3) is 2.87. The fourth-order valence-corrected chi connectivity index (χ4v) is 3.46. The molecule has 0 aromatic carbocycles. The molecule has 0 unspecified atom stereocenters. The lowest BCUT2D eigenvalue weighted by atomic mass is 9.95. The molecule has 0 radical (unpaired) electrons. The lowest BCUT2D eigenvalue weighted by Gasteiger charge is -2.40. The van der Waals surface area contributed by atoms with Crippen LogP contribution in [0.15, 0.2) is 18.7 Å². The summed E-state index contributed by atoms with van der Waals surface area (Å²) < 4.78 is -0.167. The van der Waals surface area contributed by atoms with Crippen LogP contribution in [0, 0.1) is 0 Å². The number of amides is 1. The molecule has 1 amide bonds. The Morgan fingerprint density at radius 3 is 2.47 bits per heavy atom. The molecule has 2 heterocycles. The Morgan fingerprint density at radius 2 is 2.00 bits per heavy atom. The van der Waals surface area contributed by atoms with E-state index < -0.39 is 0 Å². The molecule has 1 saturated heterocycles. The Bertz CT molecular complexity index is 472. The molecule has 1 fully saturated rings. The quantitative estimate of drug-likeness (QED) is 0.842. The number of piperidine rings is 1. The Hall–Kier alpha value is -1.21. The van der Waals surface area contributed by atoms with Crippen molar-refractivity contribution in [1.82, 2.24) is 14.9 Å². The average molecular weight is 296 g/mol. The van der Waals surface area contributed by atoms with E-state index in [4.69, 9.17) is 18.0 Å². The Balaban J connectivity index is 2.04. The second-order valence-electron chi connectivity index (χ2n) is 4.48. The molecule has 2 N–H and O–H groups in total. The van der Waals surface area contributed by atoms with E-state index in [0.29, 0.717) is 23.6 Å². The summed E-state index contributed by atoms with van der Waals surface area (Å²) in [6.07, 6.45) is 8.10. The molecule has 1 aromatic heterocycles. The molecular weight excluding hydrogens is 280 g/mol. The van der Waals surface area contributed by atoms with Crippen molar-refractivity contribution in [2.75, 3.05) is 19.3 Å². The number of carbonyl (C=O) groups is 1. The number of thiocarbonyl (C=S) groups is 1. The van der Waals surface area contributed by atoms with Crippen LogP contribution in [-0.2, 0) is 0 Å². The highest BCUT2D eigenvalue weighted by molar-refractivity contribution is 8.02. The van der Waals surface area contributed by atoms with Crippen LogP contribution >= 0.6 is 24.0 Å². The predicted octanol–water partition coefficient (Wildman–Crippen LogP) is 1.10. The summed E-state index contributed by atoms with van der Waals surface area (Å²) in [6.45, 7) is 1.32. The molecule has 1 aliphatic heterocycles. The molecule has 5 nitrogen and oxygen atoms in total. The third-order valence-electron chi connectivity index (χ3n) is 3.51. The maximum Gasteiger partial charge on any atom is 0.256 e. The van der Waals surface area contributed by atoms with Crippen LogP contribution in [0.25, 0.3) is 0 Å². The van der Waals surface area contributed by atoms with Gasteiger partial charge >= 0.3 is 0 Å². The fraction of sp³-hybridized carbons (Fsp3) is 0.500. The van der Waals surface area contributed by atoms with Crippen molar-refractivity contribution < 1.29 is 4.79 Å². The highest BCUT2D eigenvalue weighted by Gasteiger charge is 2.38. The molecule has 1 aliphatic rings. The minimum atomic E-state index is -0.167. The van der Waals surface area contributed by atoms with Gasteiger partial charge in [-0.2, -0.15) is 11.8 Å². The van der Waals surface area contributed by atoms with Crippen LogP contribution in [0.1, 0.15) is 23.2 Å². The van der Waals surface area contributed by atoms with E-state index in [1.165, 1.54) is 6.33 Å². The van der Waals surface area contributed by atoms with Crippen LogP contribution in [0.5, 0.6) is 0 Å². The van der Waals surface area contributed by atoms with Crippen LogP contribution in [-0.4, -0.2) is 49.9 Å². The van der Waals surface area contributed by atoms with Crippen molar-refractivity contribution in [3.63, 3.8) is 0 Å². The Kier molecular flexibility index (Phi) is 4.36. The molecule has 1 aromatic rings. The van der Waals surface area contributed by atoms with Gasteiger partial charge in [0.2, 0.25) is 0 Å². The summed E-state index contributed by atoms with van der Waals surface area (Å²) in [5, 5.41) is 0. The van der Waals surface area contributed by atoms with Gasteiger partial charge in [0, 0.05) is 25.5 Å². The Labute approximate surface area is 122 Å². The first-order chi connectivity index (χ1) is 9.09. The first-order valence-corrected chi connectivity index (χ1v) is 7.62. The second kappa shape index (κ2) is 5.83. The number of hydrogen-bond acceptors (Lipinski definition) is 5. The molecule has 0 bridgehead atoms. The summed E-state index contributed by atoms with van der Waals surface area (Å²) >= 11 is 6.84. The van der Waals surface area contributed by atoms with Gasteiger partial charge in [-0.15, -0.1) is 0 Å². The van der Waals surface area contributed by atoms with Gasteiger partial charge in [0.15, 0.2) is 0 Å². The van der Waals surface area contributed by atoms with Gasteiger partial charge < -0.3 is 10.6 Å². The van der Waals surface area contributed by atoms with E-state index in [1.54, 1.807) is 24.2 Å². The molecule has 0 aliphatic carbocycles. The van der Waals surface area contributed by atoms with E-state index in [-0.39, 0.29) is 10.7 Å². The second-order valence-corrected chi connectivity index (χ2v) is 6.11. The van der Waals surface area contributed by atoms with E-state index >= 15 is 0 Å². The number of nitrogens with two attached hydrogens (primary N) is 1. The number of aromatic nitrogens is 2. The lowest BCUT2D eigenvalue weighted by Crippen LogP contribution is -2.50. The molecular formula is C12H16N4OS2. The number of thioether (sulfide) groups is 1. The standard InChI is InChI=1S/C12H16N4OS2/c1-19-12(11(13)18)2-4-16(5-3-12)10(17)9-6-14-8-15-7-9/h6-8H,2-5H2,1H3,(H2,13,18).